The molecule has 0 heterocycles. The van der Waals surface area contributed by atoms with Gasteiger partial charge in [-0.3, -0.25) is 0 Å². The predicted molar refractivity (Wildman–Crippen MR) is 46.9 cm³/mol. The zero-order valence-electron chi connectivity index (χ0n) is 6.45. The van der Waals surface area contributed by atoms with Crippen LogP contribution < -0.4 is 0 Å². The van der Waals surface area contributed by atoms with Gasteiger partial charge in [0, 0.05) is 0 Å². The summed E-state index contributed by atoms with van der Waals surface area (Å²) in [4.78, 5) is 0. The summed E-state index contributed by atoms with van der Waals surface area (Å²) in [6, 6.07) is 0. The highest BCUT2D eigenvalue weighted by molar-refractivity contribution is 7.59. The van der Waals surface area contributed by atoms with Crippen molar-refractivity contribution in [2.45, 2.75) is 27.7 Å². The van der Waals surface area contributed by atoms with Crippen LogP contribution in [0.2, 0.25) is 0 Å². The highest BCUT2D eigenvalue weighted by Crippen LogP contribution is 1.15. The van der Waals surface area contributed by atoms with Crippen molar-refractivity contribution in [3.05, 3.63) is 0 Å². The van der Waals surface area contributed by atoms with Gasteiger partial charge in [-0.25, -0.2) is 0 Å². The molecule has 0 radical (unpaired) electrons. The van der Waals surface area contributed by atoms with Crippen LogP contribution in [-0.2, 0) is 10.6 Å². The summed E-state index contributed by atoms with van der Waals surface area (Å²) >= 11 is 0. The maximum atomic E-state index is 8.44. The molecule has 3 nitrogen and oxygen atoms in total. The first-order valence-electron chi connectivity index (χ1n) is 2.50. The molecule has 0 bridgehead atoms. The molecule has 68 valence electrons. The molecule has 0 aliphatic carbocycles. The maximum Gasteiger partial charge on any atom is 0.425 e. The summed E-state index contributed by atoms with van der Waals surface area (Å²) in [6.07, 6.45) is 0. The van der Waals surface area contributed by atoms with Gasteiger partial charge in [-0.15, -0.1) is 37.4 Å². The minimum absolute atomic E-state index is 0. The second-order valence-corrected chi connectivity index (χ2v) is 0.612. The Labute approximate surface area is 76.1 Å². The van der Waals surface area contributed by atoms with Crippen LogP contribution in [-0.4, -0.2) is 12.6 Å². The van der Waals surface area contributed by atoms with Crippen molar-refractivity contribution in [1.82, 2.24) is 0 Å². The standard InChI is InChI=1S/2C2H6.2ClH.O3S/c2*1-2;;;1-4(2)3/h2*1-2H3;2*1H;. The van der Waals surface area contributed by atoms with Crippen molar-refractivity contribution < 1.29 is 12.6 Å². The summed E-state index contributed by atoms with van der Waals surface area (Å²) in [5.41, 5.74) is 0. The summed E-state index contributed by atoms with van der Waals surface area (Å²) in [5.74, 6) is 0. The molecule has 0 aromatic heterocycles. The van der Waals surface area contributed by atoms with Crippen molar-refractivity contribution >= 4 is 35.4 Å². The van der Waals surface area contributed by atoms with E-state index in [0.717, 1.165) is 0 Å². The van der Waals surface area contributed by atoms with E-state index in [-0.39, 0.29) is 24.8 Å². The molecular formula is C4H14Cl2O3S. The van der Waals surface area contributed by atoms with Gasteiger partial charge in [0.2, 0.25) is 0 Å². The molecule has 0 aromatic rings. The Bertz CT molecular complexity index is 87.9. The van der Waals surface area contributed by atoms with Gasteiger partial charge < -0.3 is 0 Å². The molecule has 0 rings (SSSR count). The zero-order chi connectivity index (χ0) is 7.58. The Morgan fingerprint density at radius 2 is 0.700 bits per heavy atom. The molecular weight excluding hydrogens is 199 g/mol. The maximum absolute atomic E-state index is 8.44. The van der Waals surface area contributed by atoms with Crippen molar-refractivity contribution in [2.75, 3.05) is 0 Å². The topological polar surface area (TPSA) is 51.2 Å². The Balaban J connectivity index is -0.0000000125. The monoisotopic (exact) mass is 212 g/mol. The normalized spacial score (nSPS) is 3.60. The Hall–Kier alpha value is 0.200. The van der Waals surface area contributed by atoms with Crippen molar-refractivity contribution in [1.29, 1.82) is 0 Å². The molecule has 0 atom stereocenters. The molecule has 0 amide bonds. The van der Waals surface area contributed by atoms with Gasteiger partial charge in [0.05, 0.1) is 0 Å². The van der Waals surface area contributed by atoms with Crippen molar-refractivity contribution in [3.63, 3.8) is 0 Å². The molecule has 0 aliphatic rings. The predicted octanol–water partition coefficient (Wildman–Crippen LogP) is 1.89. The van der Waals surface area contributed by atoms with Gasteiger partial charge in [0.1, 0.15) is 0 Å². The second-order valence-electron chi connectivity index (χ2n) is 0.204. The summed E-state index contributed by atoms with van der Waals surface area (Å²) in [7, 11) is -3.11. The van der Waals surface area contributed by atoms with Crippen LogP contribution in [0.1, 0.15) is 27.7 Å². The van der Waals surface area contributed by atoms with E-state index in [1.165, 1.54) is 0 Å². The van der Waals surface area contributed by atoms with Crippen LogP contribution in [0.15, 0.2) is 0 Å². The fourth-order valence-electron chi connectivity index (χ4n) is 0. The van der Waals surface area contributed by atoms with Crippen LogP contribution >= 0.6 is 24.8 Å². The Morgan fingerprint density at radius 3 is 0.700 bits per heavy atom. The van der Waals surface area contributed by atoms with E-state index in [2.05, 4.69) is 0 Å². The number of hydrogen-bond donors (Lipinski definition) is 0. The van der Waals surface area contributed by atoms with E-state index < -0.39 is 10.6 Å². The zero-order valence-corrected chi connectivity index (χ0v) is 8.90. The lowest BCUT2D eigenvalue weighted by atomic mass is 11.0. The minimum atomic E-state index is -3.11. The Morgan fingerprint density at radius 1 is 0.700 bits per heavy atom. The van der Waals surface area contributed by atoms with E-state index >= 15 is 0 Å². The van der Waals surface area contributed by atoms with Crippen LogP contribution in [0.4, 0.5) is 0 Å². The first-order chi connectivity index (χ1) is 3.73. The average molecular weight is 213 g/mol. The molecule has 6 heteroatoms. The van der Waals surface area contributed by atoms with Gasteiger partial charge in [0.25, 0.3) is 0 Å². The lowest BCUT2D eigenvalue weighted by molar-refractivity contribution is 0.559. The second kappa shape index (κ2) is 60.4. The van der Waals surface area contributed by atoms with Gasteiger partial charge in [0.15, 0.2) is 0 Å². The van der Waals surface area contributed by atoms with Crippen LogP contribution in [0.25, 0.3) is 0 Å². The number of halogens is 2. The van der Waals surface area contributed by atoms with E-state index in [4.69, 9.17) is 12.6 Å². The van der Waals surface area contributed by atoms with Crippen molar-refractivity contribution in [2.24, 2.45) is 0 Å². The summed E-state index contributed by atoms with van der Waals surface area (Å²) in [5, 5.41) is 0. The third kappa shape index (κ3) is 10600. The molecule has 0 fully saturated rings. The highest BCUT2D eigenvalue weighted by atomic mass is 35.5. The number of hydrogen-bond acceptors (Lipinski definition) is 3. The molecule has 0 unspecified atom stereocenters. The minimum Gasteiger partial charge on any atom is -0.147 e. The SMILES string of the molecule is CC.CC.Cl.Cl.O=S(=O)=O. The molecule has 0 saturated heterocycles. The number of rotatable bonds is 0. The smallest absolute Gasteiger partial charge is 0.147 e. The molecule has 0 saturated carbocycles. The molecule has 10 heavy (non-hydrogen) atoms. The average Bonchev–Trinajstić information content (AvgIpc) is 1.75. The van der Waals surface area contributed by atoms with Crippen LogP contribution in [0.5, 0.6) is 0 Å². The lowest BCUT2D eigenvalue weighted by Gasteiger charge is -1.11. The highest BCUT2D eigenvalue weighted by Gasteiger charge is 1.40. The van der Waals surface area contributed by atoms with Gasteiger partial charge >= 0.3 is 10.6 Å². The molecule has 0 spiro atoms. The van der Waals surface area contributed by atoms with Gasteiger partial charge in [-0.05, 0) is 0 Å². The Kier molecular flexibility index (Phi) is 193. The largest absolute Gasteiger partial charge is 0.425 e. The van der Waals surface area contributed by atoms with Gasteiger partial charge in [-0.1, -0.05) is 27.7 Å². The van der Waals surface area contributed by atoms with E-state index in [1.807, 2.05) is 27.7 Å². The fraction of sp³-hybridized carbons (Fsp3) is 1.00. The first-order valence-corrected chi connectivity index (χ1v) is 3.50. The summed E-state index contributed by atoms with van der Waals surface area (Å²) in [6.45, 7) is 8.00. The van der Waals surface area contributed by atoms with Crippen molar-refractivity contribution in [3.8, 4) is 0 Å². The third-order valence-corrected chi connectivity index (χ3v) is 0. The first kappa shape index (κ1) is 31.9. The molecule has 0 aliphatic heterocycles. The molecule has 0 aromatic carbocycles. The molecule has 0 N–H and O–H groups in total. The van der Waals surface area contributed by atoms with Gasteiger partial charge in [-0.2, -0.15) is 0 Å². The lowest BCUT2D eigenvalue weighted by Crippen LogP contribution is -1.40. The van der Waals surface area contributed by atoms with Crippen LogP contribution in [0.3, 0.4) is 0 Å². The fourth-order valence-corrected chi connectivity index (χ4v) is 0. The summed E-state index contributed by atoms with van der Waals surface area (Å²) < 4.78 is 25.3. The quantitative estimate of drug-likeness (QED) is 0.617. The van der Waals surface area contributed by atoms with E-state index in [0.29, 0.717) is 0 Å². The van der Waals surface area contributed by atoms with E-state index in [9.17, 15) is 0 Å². The third-order valence-electron chi connectivity index (χ3n) is 0. The van der Waals surface area contributed by atoms with E-state index in [1.54, 1.807) is 0 Å². The van der Waals surface area contributed by atoms with Crippen LogP contribution in [0, 0.1) is 0 Å².